The zero-order valence-corrected chi connectivity index (χ0v) is 17.3. The van der Waals surface area contributed by atoms with Crippen molar-refractivity contribution in [3.05, 3.63) is 69.4 Å². The lowest BCUT2D eigenvalue weighted by molar-refractivity contribution is 0.417. The second kappa shape index (κ2) is 8.80. The molecule has 0 unspecified atom stereocenters. The summed E-state index contributed by atoms with van der Waals surface area (Å²) in [4.78, 5) is 0. The van der Waals surface area contributed by atoms with Crippen molar-refractivity contribution in [2.45, 2.75) is 6.54 Å². The lowest BCUT2D eigenvalue weighted by atomic mass is 10.2. The lowest BCUT2D eigenvalue weighted by Gasteiger charge is -2.12. The van der Waals surface area contributed by atoms with Crippen LogP contribution in [0.1, 0.15) is 5.56 Å². The third-order valence-corrected chi connectivity index (χ3v) is 4.83. The Hall–Kier alpha value is -1.99. The maximum atomic E-state index is 6.21. The molecule has 0 amide bonds. The Kier molecular flexibility index (Phi) is 6.44. The highest BCUT2D eigenvalue weighted by Gasteiger charge is 2.09. The normalized spacial score (nSPS) is 10.5. The van der Waals surface area contributed by atoms with Crippen LogP contribution in [0.2, 0.25) is 15.1 Å². The highest BCUT2D eigenvalue weighted by Crippen LogP contribution is 2.28. The number of aromatic nitrogens is 2. The van der Waals surface area contributed by atoms with E-state index in [0.717, 1.165) is 11.3 Å². The van der Waals surface area contributed by atoms with E-state index >= 15 is 0 Å². The number of rotatable bonds is 5. The van der Waals surface area contributed by atoms with Crippen LogP contribution in [0, 0.1) is 0 Å². The first kappa shape index (κ1) is 19.8. The number of ether oxygens (including phenoxy) is 1. The molecule has 2 aromatic carbocycles. The van der Waals surface area contributed by atoms with E-state index in [1.54, 1.807) is 54.4 Å². The molecule has 140 valence electrons. The van der Waals surface area contributed by atoms with Gasteiger partial charge in [-0.3, -0.25) is 4.68 Å². The van der Waals surface area contributed by atoms with Crippen molar-refractivity contribution in [3.63, 3.8) is 0 Å². The Bertz CT molecular complexity index is 957. The fourth-order valence-electron chi connectivity index (χ4n) is 2.42. The fourth-order valence-corrected chi connectivity index (χ4v) is 3.34. The molecule has 0 aliphatic carbocycles. The Balaban J connectivity index is 1.67. The van der Waals surface area contributed by atoms with Crippen LogP contribution in [0.25, 0.3) is 0 Å². The second-order valence-electron chi connectivity index (χ2n) is 5.55. The van der Waals surface area contributed by atoms with E-state index in [1.165, 1.54) is 0 Å². The summed E-state index contributed by atoms with van der Waals surface area (Å²) in [5.74, 6) is 0.632. The molecule has 9 heteroatoms. The molecule has 3 rings (SSSR count). The van der Waals surface area contributed by atoms with Crippen molar-refractivity contribution in [3.8, 4) is 5.75 Å². The van der Waals surface area contributed by atoms with Crippen LogP contribution in [0.4, 0.5) is 11.4 Å². The van der Waals surface area contributed by atoms with Crippen molar-refractivity contribution in [1.82, 2.24) is 9.78 Å². The van der Waals surface area contributed by atoms with E-state index < -0.39 is 0 Å². The molecule has 0 aliphatic heterocycles. The topological polar surface area (TPSA) is 51.1 Å². The first-order chi connectivity index (χ1) is 13.0. The van der Waals surface area contributed by atoms with E-state index in [4.69, 9.17) is 51.8 Å². The van der Waals surface area contributed by atoms with Gasteiger partial charge in [-0.2, -0.15) is 5.10 Å². The Morgan fingerprint density at radius 2 is 1.89 bits per heavy atom. The van der Waals surface area contributed by atoms with Crippen molar-refractivity contribution in [2.75, 3.05) is 17.7 Å². The van der Waals surface area contributed by atoms with Gasteiger partial charge in [-0.05, 0) is 42.5 Å². The molecule has 1 aromatic heterocycles. The molecule has 2 N–H and O–H groups in total. The van der Waals surface area contributed by atoms with Crippen LogP contribution in [0.5, 0.6) is 5.75 Å². The summed E-state index contributed by atoms with van der Waals surface area (Å²) >= 11 is 23.8. The molecule has 0 bridgehead atoms. The molecule has 0 saturated carbocycles. The molecule has 3 aromatic rings. The molecule has 0 atom stereocenters. The smallest absolute Gasteiger partial charge is 0.175 e. The first-order valence-corrected chi connectivity index (χ1v) is 9.37. The summed E-state index contributed by atoms with van der Waals surface area (Å²) < 4.78 is 7.01. The maximum absolute atomic E-state index is 6.21. The van der Waals surface area contributed by atoms with E-state index in [2.05, 4.69) is 15.7 Å². The molecule has 0 aliphatic rings. The van der Waals surface area contributed by atoms with Gasteiger partial charge in [0.2, 0.25) is 0 Å². The molecule has 0 radical (unpaired) electrons. The molecular formula is C18H15Cl3N4OS. The standard InChI is InChI=1S/C18H15Cl3N4OS/c1-26-17-6-5-11(19)7-16(17)24-18(27)23-12-8-22-25(9-12)10-13-14(20)3-2-4-15(13)21/h2-9H,10H2,1H3,(H2,23,24,27). The van der Waals surface area contributed by atoms with Crippen molar-refractivity contribution < 1.29 is 4.74 Å². The average Bonchev–Trinajstić information content (AvgIpc) is 3.05. The van der Waals surface area contributed by atoms with E-state index in [9.17, 15) is 0 Å². The summed E-state index contributed by atoms with van der Waals surface area (Å²) in [6.45, 7) is 0.447. The van der Waals surface area contributed by atoms with Crippen LogP contribution >= 0.6 is 47.0 Å². The number of hydrogen-bond acceptors (Lipinski definition) is 3. The highest BCUT2D eigenvalue weighted by atomic mass is 35.5. The summed E-state index contributed by atoms with van der Waals surface area (Å²) in [6.07, 6.45) is 3.47. The number of halogens is 3. The maximum Gasteiger partial charge on any atom is 0.175 e. The largest absolute Gasteiger partial charge is 0.495 e. The predicted molar refractivity (Wildman–Crippen MR) is 116 cm³/mol. The summed E-state index contributed by atoms with van der Waals surface area (Å²) in [6, 6.07) is 10.6. The minimum absolute atomic E-state index is 0.380. The summed E-state index contributed by atoms with van der Waals surface area (Å²) in [7, 11) is 1.58. The number of thiocarbonyl (C=S) groups is 1. The molecule has 5 nitrogen and oxygen atoms in total. The average molecular weight is 442 g/mol. The number of nitrogens with zero attached hydrogens (tertiary/aromatic N) is 2. The minimum Gasteiger partial charge on any atom is -0.495 e. The van der Waals surface area contributed by atoms with Gasteiger partial charge in [0, 0.05) is 26.8 Å². The number of nitrogens with one attached hydrogen (secondary N) is 2. The van der Waals surface area contributed by atoms with E-state index in [-0.39, 0.29) is 0 Å². The molecule has 0 saturated heterocycles. The van der Waals surface area contributed by atoms with Crippen LogP contribution in [0.15, 0.2) is 48.8 Å². The summed E-state index contributed by atoms with van der Waals surface area (Å²) in [5.41, 5.74) is 2.19. The summed E-state index contributed by atoms with van der Waals surface area (Å²) in [5, 5.41) is 12.6. The van der Waals surface area contributed by atoms with Gasteiger partial charge in [0.15, 0.2) is 5.11 Å². The minimum atomic E-state index is 0.380. The van der Waals surface area contributed by atoms with Crippen LogP contribution < -0.4 is 15.4 Å². The van der Waals surface area contributed by atoms with Gasteiger partial charge >= 0.3 is 0 Å². The van der Waals surface area contributed by atoms with Gasteiger partial charge < -0.3 is 15.4 Å². The monoisotopic (exact) mass is 440 g/mol. The molecule has 1 heterocycles. The molecular weight excluding hydrogens is 427 g/mol. The number of benzene rings is 2. The Morgan fingerprint density at radius 3 is 2.59 bits per heavy atom. The number of hydrogen-bond donors (Lipinski definition) is 2. The van der Waals surface area contributed by atoms with E-state index in [0.29, 0.717) is 38.2 Å². The molecule has 27 heavy (non-hydrogen) atoms. The van der Waals surface area contributed by atoms with Gasteiger partial charge in [0.25, 0.3) is 0 Å². The molecule has 0 spiro atoms. The van der Waals surface area contributed by atoms with Gasteiger partial charge in [0.1, 0.15) is 5.75 Å². The third-order valence-electron chi connectivity index (χ3n) is 3.68. The lowest BCUT2D eigenvalue weighted by Crippen LogP contribution is -2.19. The van der Waals surface area contributed by atoms with Gasteiger partial charge in [-0.25, -0.2) is 0 Å². The highest BCUT2D eigenvalue weighted by molar-refractivity contribution is 7.80. The number of anilines is 2. The third kappa shape index (κ3) is 5.05. The van der Waals surface area contributed by atoms with Gasteiger partial charge in [-0.1, -0.05) is 40.9 Å². The van der Waals surface area contributed by atoms with E-state index in [1.807, 2.05) is 6.20 Å². The van der Waals surface area contributed by atoms with Gasteiger partial charge in [0.05, 0.1) is 31.2 Å². The van der Waals surface area contributed by atoms with Crippen molar-refractivity contribution >= 4 is 63.5 Å². The quantitative estimate of drug-likeness (QED) is 0.497. The van der Waals surface area contributed by atoms with Crippen molar-refractivity contribution in [2.24, 2.45) is 0 Å². The zero-order valence-electron chi connectivity index (χ0n) is 14.2. The Morgan fingerprint density at radius 1 is 1.15 bits per heavy atom. The zero-order chi connectivity index (χ0) is 19.4. The van der Waals surface area contributed by atoms with Crippen LogP contribution in [-0.2, 0) is 6.54 Å². The van der Waals surface area contributed by atoms with Crippen LogP contribution in [-0.4, -0.2) is 22.0 Å². The number of methoxy groups -OCH3 is 1. The second-order valence-corrected chi connectivity index (χ2v) is 7.21. The van der Waals surface area contributed by atoms with Gasteiger partial charge in [-0.15, -0.1) is 0 Å². The SMILES string of the molecule is COc1ccc(Cl)cc1NC(=S)Nc1cnn(Cc2c(Cl)cccc2Cl)c1. The van der Waals surface area contributed by atoms with Crippen LogP contribution in [0.3, 0.4) is 0 Å². The fraction of sp³-hybridized carbons (Fsp3) is 0.111. The predicted octanol–water partition coefficient (Wildman–Crippen LogP) is 5.71. The van der Waals surface area contributed by atoms with Crippen molar-refractivity contribution in [1.29, 1.82) is 0 Å². The first-order valence-electron chi connectivity index (χ1n) is 7.83. The molecule has 0 fully saturated rings. The Labute approximate surface area is 177 Å².